The second-order valence-corrected chi connectivity index (χ2v) is 5.82. The first-order chi connectivity index (χ1) is 11.4. The molecule has 24 heavy (non-hydrogen) atoms. The van der Waals surface area contributed by atoms with E-state index in [0.29, 0.717) is 30.0 Å². The number of pyridine rings is 1. The average Bonchev–Trinajstić information content (AvgIpc) is 2.51. The number of nitrogen functional groups attached to an aromatic ring is 1. The van der Waals surface area contributed by atoms with Gasteiger partial charge >= 0.3 is 5.69 Å². The Labute approximate surface area is 143 Å². The molecule has 2 aromatic rings. The van der Waals surface area contributed by atoms with E-state index in [2.05, 4.69) is 20.3 Å². The van der Waals surface area contributed by atoms with Gasteiger partial charge in [0.25, 0.3) is 0 Å². The first kappa shape index (κ1) is 17.7. The summed E-state index contributed by atoms with van der Waals surface area (Å²) in [5.74, 6) is 0.722. The summed E-state index contributed by atoms with van der Waals surface area (Å²) in [5, 5.41) is 14.0. The van der Waals surface area contributed by atoms with Gasteiger partial charge in [-0.15, -0.1) is 0 Å². The van der Waals surface area contributed by atoms with Crippen LogP contribution in [-0.4, -0.2) is 26.5 Å². The minimum Gasteiger partial charge on any atom is -0.476 e. The highest BCUT2D eigenvalue weighted by Crippen LogP contribution is 2.23. The van der Waals surface area contributed by atoms with Crippen LogP contribution in [-0.2, 0) is 6.54 Å². The molecule has 10 heteroatoms. The number of aromatic nitrogens is 3. The van der Waals surface area contributed by atoms with Gasteiger partial charge < -0.3 is 15.8 Å². The van der Waals surface area contributed by atoms with Gasteiger partial charge in [0.05, 0.1) is 11.5 Å². The number of nitrogens with one attached hydrogen (secondary N) is 1. The van der Waals surface area contributed by atoms with Crippen LogP contribution in [0.1, 0.15) is 19.4 Å². The smallest absolute Gasteiger partial charge is 0.329 e. The molecule has 0 amide bonds. The van der Waals surface area contributed by atoms with E-state index in [9.17, 15) is 10.1 Å². The van der Waals surface area contributed by atoms with Crippen molar-refractivity contribution in [1.82, 2.24) is 15.0 Å². The molecular formula is C14H17ClN6O3. The van der Waals surface area contributed by atoms with Gasteiger partial charge in [-0.05, 0) is 17.5 Å². The van der Waals surface area contributed by atoms with E-state index in [4.69, 9.17) is 22.1 Å². The first-order valence-corrected chi connectivity index (χ1v) is 7.52. The van der Waals surface area contributed by atoms with Crippen molar-refractivity contribution >= 4 is 29.1 Å². The van der Waals surface area contributed by atoms with Gasteiger partial charge in [0, 0.05) is 12.7 Å². The largest absolute Gasteiger partial charge is 0.476 e. The van der Waals surface area contributed by atoms with Gasteiger partial charge in [0.15, 0.2) is 0 Å². The van der Waals surface area contributed by atoms with Crippen LogP contribution in [0.5, 0.6) is 5.88 Å². The van der Waals surface area contributed by atoms with E-state index in [-0.39, 0.29) is 17.5 Å². The number of ether oxygens (including phenoxy) is 1. The summed E-state index contributed by atoms with van der Waals surface area (Å²) >= 11 is 6.13. The Hall–Kier alpha value is -2.68. The number of anilines is 2. The molecule has 0 aliphatic heterocycles. The molecular weight excluding hydrogens is 336 g/mol. The first-order valence-electron chi connectivity index (χ1n) is 7.14. The number of hydrogen-bond acceptors (Lipinski definition) is 8. The molecule has 0 unspecified atom stereocenters. The second kappa shape index (κ2) is 7.73. The minimum absolute atomic E-state index is 0.175. The lowest BCUT2D eigenvalue weighted by Gasteiger charge is -2.10. The van der Waals surface area contributed by atoms with E-state index in [1.807, 2.05) is 13.8 Å². The van der Waals surface area contributed by atoms with Crippen molar-refractivity contribution in [1.29, 1.82) is 0 Å². The number of nitrogens with zero attached hydrogens (tertiary/aromatic N) is 4. The predicted octanol–water partition coefficient (Wildman–Crippen LogP) is 2.66. The summed E-state index contributed by atoms with van der Waals surface area (Å²) in [7, 11) is 0. The topological polar surface area (TPSA) is 129 Å². The number of halogens is 1. The van der Waals surface area contributed by atoms with Gasteiger partial charge in [0.2, 0.25) is 17.6 Å². The average molecular weight is 353 g/mol. The SMILES string of the molecule is CC(C)COc1ncc(CNc2ncc([N+](=O)[O-])c(N)n2)cc1Cl. The van der Waals surface area contributed by atoms with E-state index in [0.717, 1.165) is 11.8 Å². The van der Waals surface area contributed by atoms with Crippen molar-refractivity contribution in [2.24, 2.45) is 5.92 Å². The molecule has 0 bridgehead atoms. The standard InChI is InChI=1S/C14H17ClN6O3/c1-8(2)7-24-13-10(15)3-9(4-17-13)5-18-14-19-6-11(21(22)23)12(16)20-14/h3-4,6,8H,5,7H2,1-2H3,(H3,16,18,19,20). The fourth-order valence-electron chi connectivity index (χ4n) is 1.71. The van der Waals surface area contributed by atoms with E-state index >= 15 is 0 Å². The second-order valence-electron chi connectivity index (χ2n) is 5.41. The fraction of sp³-hybridized carbons (Fsp3) is 0.357. The van der Waals surface area contributed by atoms with Crippen molar-refractivity contribution < 1.29 is 9.66 Å². The molecule has 9 nitrogen and oxygen atoms in total. The summed E-state index contributed by atoms with van der Waals surface area (Å²) in [6.45, 7) is 4.92. The Morgan fingerprint density at radius 2 is 2.17 bits per heavy atom. The maximum atomic E-state index is 10.7. The highest BCUT2D eigenvalue weighted by atomic mass is 35.5. The van der Waals surface area contributed by atoms with Gasteiger partial charge in [-0.3, -0.25) is 10.1 Å². The van der Waals surface area contributed by atoms with Crippen LogP contribution >= 0.6 is 11.6 Å². The Balaban J connectivity index is 2.00. The van der Waals surface area contributed by atoms with E-state index < -0.39 is 4.92 Å². The fourth-order valence-corrected chi connectivity index (χ4v) is 1.95. The maximum Gasteiger partial charge on any atom is 0.329 e. The lowest BCUT2D eigenvalue weighted by molar-refractivity contribution is -0.384. The molecule has 0 fully saturated rings. The van der Waals surface area contributed by atoms with Gasteiger partial charge in [-0.25, -0.2) is 9.97 Å². The molecule has 0 atom stereocenters. The molecule has 0 spiro atoms. The van der Waals surface area contributed by atoms with Crippen LogP contribution < -0.4 is 15.8 Å². The molecule has 2 heterocycles. The van der Waals surface area contributed by atoms with Crippen LogP contribution in [0, 0.1) is 16.0 Å². The lowest BCUT2D eigenvalue weighted by Crippen LogP contribution is -2.08. The maximum absolute atomic E-state index is 10.7. The summed E-state index contributed by atoms with van der Waals surface area (Å²) in [6.07, 6.45) is 2.67. The highest BCUT2D eigenvalue weighted by molar-refractivity contribution is 6.31. The molecule has 0 saturated carbocycles. The monoisotopic (exact) mass is 352 g/mol. The van der Waals surface area contributed by atoms with Crippen molar-refractivity contribution in [2.45, 2.75) is 20.4 Å². The minimum atomic E-state index is -0.640. The zero-order valence-corrected chi connectivity index (χ0v) is 13.9. The summed E-state index contributed by atoms with van der Waals surface area (Å²) in [6, 6.07) is 1.71. The van der Waals surface area contributed by atoms with Crippen molar-refractivity contribution in [3.05, 3.63) is 39.2 Å². The number of rotatable bonds is 7. The zero-order chi connectivity index (χ0) is 17.7. The number of nitro groups is 1. The summed E-state index contributed by atoms with van der Waals surface area (Å²) in [4.78, 5) is 21.9. The molecule has 128 valence electrons. The van der Waals surface area contributed by atoms with Crippen LogP contribution in [0.3, 0.4) is 0 Å². The number of hydrogen-bond donors (Lipinski definition) is 2. The third-order valence-corrected chi connectivity index (χ3v) is 3.13. The molecule has 3 N–H and O–H groups in total. The molecule has 0 aromatic carbocycles. The lowest BCUT2D eigenvalue weighted by atomic mass is 10.2. The molecule has 2 aromatic heterocycles. The van der Waals surface area contributed by atoms with Crippen LogP contribution in [0.2, 0.25) is 5.02 Å². The van der Waals surface area contributed by atoms with Crippen molar-refractivity contribution in [3.8, 4) is 5.88 Å². The van der Waals surface area contributed by atoms with E-state index in [1.165, 1.54) is 0 Å². The molecule has 0 radical (unpaired) electrons. The Kier molecular flexibility index (Phi) is 5.69. The normalized spacial score (nSPS) is 10.7. The van der Waals surface area contributed by atoms with Gasteiger partial charge in [0.1, 0.15) is 11.2 Å². The molecule has 0 saturated heterocycles. The van der Waals surface area contributed by atoms with Crippen molar-refractivity contribution in [2.75, 3.05) is 17.7 Å². The number of nitrogens with two attached hydrogens (primary N) is 1. The van der Waals surface area contributed by atoms with E-state index in [1.54, 1.807) is 12.3 Å². The van der Waals surface area contributed by atoms with Crippen LogP contribution in [0.15, 0.2) is 18.5 Å². The quantitative estimate of drug-likeness (QED) is 0.574. The Bertz CT molecular complexity index is 740. The third-order valence-electron chi connectivity index (χ3n) is 2.86. The molecule has 0 aliphatic rings. The van der Waals surface area contributed by atoms with Crippen LogP contribution in [0.25, 0.3) is 0 Å². The molecule has 0 aliphatic carbocycles. The van der Waals surface area contributed by atoms with Crippen LogP contribution in [0.4, 0.5) is 17.5 Å². The molecule has 2 rings (SSSR count). The summed E-state index contributed by atoms with van der Waals surface area (Å²) in [5.41, 5.74) is 5.95. The Morgan fingerprint density at radius 3 is 2.75 bits per heavy atom. The third kappa shape index (κ3) is 4.66. The van der Waals surface area contributed by atoms with Gasteiger partial charge in [-0.1, -0.05) is 25.4 Å². The van der Waals surface area contributed by atoms with Gasteiger partial charge in [-0.2, -0.15) is 4.98 Å². The zero-order valence-electron chi connectivity index (χ0n) is 13.2. The predicted molar refractivity (Wildman–Crippen MR) is 90.0 cm³/mol. The van der Waals surface area contributed by atoms with Crippen molar-refractivity contribution in [3.63, 3.8) is 0 Å². The highest BCUT2D eigenvalue weighted by Gasteiger charge is 2.14. The Morgan fingerprint density at radius 1 is 1.42 bits per heavy atom. The summed E-state index contributed by atoms with van der Waals surface area (Å²) < 4.78 is 5.50.